The highest BCUT2D eigenvalue weighted by Gasteiger charge is 2.50. The second-order valence-corrected chi connectivity index (χ2v) is 15.8. The molecule has 15 heteroatoms. The van der Waals surface area contributed by atoms with Gasteiger partial charge < -0.3 is 59.6 Å². The first-order valence-corrected chi connectivity index (χ1v) is 19.3. The molecule has 0 aliphatic carbocycles. The molecule has 2 aromatic carbocycles. The molecule has 6 rings (SSSR count). The van der Waals surface area contributed by atoms with Gasteiger partial charge in [-0.2, -0.15) is 0 Å². The van der Waals surface area contributed by atoms with Crippen molar-refractivity contribution in [3.63, 3.8) is 0 Å². The number of phenols is 3. The van der Waals surface area contributed by atoms with Crippen LogP contribution < -0.4 is 15.0 Å². The summed E-state index contributed by atoms with van der Waals surface area (Å²) in [5, 5.41) is 60.9. The van der Waals surface area contributed by atoms with Crippen LogP contribution in [0.25, 0.3) is 10.8 Å². The number of allylic oxidation sites excluding steroid dienone is 2. The van der Waals surface area contributed by atoms with E-state index in [4.69, 9.17) is 18.9 Å². The largest absolute Gasteiger partial charge is 0.507 e. The number of aliphatic hydroxyl groups excluding tert-OH is 2. The Labute approximate surface area is 333 Å². The summed E-state index contributed by atoms with van der Waals surface area (Å²) < 4.78 is 23.6. The highest BCUT2D eigenvalue weighted by Crippen LogP contribution is 2.57. The molecule has 9 atom stereocenters. The van der Waals surface area contributed by atoms with Crippen molar-refractivity contribution in [1.29, 1.82) is 0 Å². The fourth-order valence-electron chi connectivity index (χ4n) is 8.04. The molecule has 0 spiro atoms. The van der Waals surface area contributed by atoms with Crippen LogP contribution >= 0.6 is 0 Å². The molecule has 2 aromatic rings. The maximum Gasteiger partial charge on any atom is 0.312 e. The number of benzene rings is 2. The predicted octanol–water partition coefficient (Wildman–Crippen LogP) is 4.51. The maximum absolute atomic E-state index is 14.4. The number of hydrogen-bond acceptors (Lipinski definition) is 14. The number of amides is 1. The van der Waals surface area contributed by atoms with Crippen LogP contribution in [0.4, 0.5) is 11.4 Å². The van der Waals surface area contributed by atoms with E-state index >= 15 is 0 Å². The minimum absolute atomic E-state index is 0.0599. The van der Waals surface area contributed by atoms with Gasteiger partial charge in [-0.1, -0.05) is 45.9 Å². The Morgan fingerprint density at radius 2 is 1.56 bits per heavy atom. The van der Waals surface area contributed by atoms with E-state index in [1.165, 1.54) is 46.3 Å². The van der Waals surface area contributed by atoms with Gasteiger partial charge in [-0.3, -0.25) is 14.4 Å². The number of nitrogens with one attached hydrogen (secondary N) is 1. The highest BCUT2D eigenvalue weighted by atomic mass is 16.7. The van der Waals surface area contributed by atoms with E-state index in [1.807, 2.05) is 7.05 Å². The maximum atomic E-state index is 14.4. The third kappa shape index (κ3) is 8.15. The standard InChI is InChI=1S/C42H57N3O12/c1-20-12-11-13-21(2)41(53)43-31-32(45-17-15-44(9)16-18-45)37(51)28-29(36(31)50)35(49)25(6)39-30(28)40(52)42(8,57-39)55-19-14-27(54-10)22(3)38(56-26(7)46)24(5)34(48)23(4)33(20)47/h11-14,19-20,22-24,27,33-34,38,47-51H,15-18H2,1-10H3,(H,43,53)/b12-11+,19-14+,21-13+. The predicted molar refractivity (Wildman–Crippen MR) is 214 cm³/mol. The first kappa shape index (κ1) is 43.3. The second kappa shape index (κ2) is 16.9. The summed E-state index contributed by atoms with van der Waals surface area (Å²) in [7, 11) is 3.39. The molecule has 0 radical (unpaired) electrons. The summed E-state index contributed by atoms with van der Waals surface area (Å²) in [6.07, 6.45) is 3.71. The second-order valence-electron chi connectivity index (χ2n) is 15.8. The lowest BCUT2D eigenvalue weighted by atomic mass is 9.78. The SMILES string of the molecule is COC1/C=C/OC2(C)Oc3c(C)c(O)c4c(O)c(c(N5CCN(C)CC5)c(O)c4c3C2=O)NC(=O)/C(C)=C/C=C/C(C)C(O)C(C)C(O)C(C)C(OC(C)=O)C1C. The van der Waals surface area contributed by atoms with Gasteiger partial charge in [-0.25, -0.2) is 0 Å². The molecule has 6 N–H and O–H groups in total. The van der Waals surface area contributed by atoms with Crippen LogP contribution in [-0.4, -0.2) is 119 Å². The van der Waals surface area contributed by atoms with E-state index < -0.39 is 88.8 Å². The lowest BCUT2D eigenvalue weighted by Gasteiger charge is -2.38. The van der Waals surface area contributed by atoms with E-state index in [-0.39, 0.29) is 44.6 Å². The number of fused-ring (bicyclic) bond motifs is 14. The first-order chi connectivity index (χ1) is 26.7. The number of aromatic hydroxyl groups is 3. The Balaban J connectivity index is 1.72. The summed E-state index contributed by atoms with van der Waals surface area (Å²) in [6, 6.07) is 0. The molecule has 312 valence electrons. The van der Waals surface area contributed by atoms with Crippen LogP contribution in [0, 0.1) is 30.6 Å². The Morgan fingerprint density at radius 1 is 0.912 bits per heavy atom. The van der Waals surface area contributed by atoms with Gasteiger partial charge in [0.1, 0.15) is 34.7 Å². The van der Waals surface area contributed by atoms with Crippen molar-refractivity contribution in [3.05, 3.63) is 47.3 Å². The van der Waals surface area contributed by atoms with Gasteiger partial charge in [0.25, 0.3) is 11.7 Å². The minimum Gasteiger partial charge on any atom is -0.507 e. The summed E-state index contributed by atoms with van der Waals surface area (Å²) in [5.74, 6) is -7.93. The number of anilines is 2. The Kier molecular flexibility index (Phi) is 12.9. The number of carbonyl (C=O) groups excluding carboxylic acids is 3. The van der Waals surface area contributed by atoms with Gasteiger partial charge in [-0.05, 0) is 27.0 Å². The van der Waals surface area contributed by atoms with E-state index in [0.29, 0.717) is 26.2 Å². The zero-order valence-electron chi connectivity index (χ0n) is 34.3. The number of ether oxygens (including phenoxy) is 4. The molecular formula is C42H57N3O12. The number of phenolic OH excluding ortho intramolecular Hbond substituents is 3. The van der Waals surface area contributed by atoms with E-state index in [9.17, 15) is 39.9 Å². The van der Waals surface area contributed by atoms with Crippen LogP contribution in [0.15, 0.2) is 36.1 Å². The Morgan fingerprint density at radius 3 is 2.18 bits per heavy atom. The molecule has 4 aliphatic heterocycles. The zero-order valence-corrected chi connectivity index (χ0v) is 34.3. The molecule has 15 nitrogen and oxygen atoms in total. The molecular weight excluding hydrogens is 738 g/mol. The first-order valence-electron chi connectivity index (χ1n) is 19.3. The van der Waals surface area contributed by atoms with Crippen molar-refractivity contribution in [2.24, 2.45) is 23.7 Å². The lowest BCUT2D eigenvalue weighted by molar-refractivity contribution is -0.160. The monoisotopic (exact) mass is 795 g/mol. The van der Waals surface area contributed by atoms with Crippen molar-refractivity contribution < 1.29 is 58.9 Å². The zero-order chi connectivity index (χ0) is 42.3. The number of methoxy groups -OCH3 is 1. The normalized spacial score (nSPS) is 32.6. The number of ketones is 1. The van der Waals surface area contributed by atoms with Crippen molar-refractivity contribution in [2.45, 2.75) is 85.6 Å². The van der Waals surface area contributed by atoms with Gasteiger partial charge in [0.2, 0.25) is 0 Å². The highest BCUT2D eigenvalue weighted by molar-refractivity contribution is 6.23. The summed E-state index contributed by atoms with van der Waals surface area (Å²) in [4.78, 5) is 44.4. The van der Waals surface area contributed by atoms with Crippen LogP contribution in [0.3, 0.4) is 0 Å². The number of hydrogen-bond donors (Lipinski definition) is 6. The Hall–Kier alpha value is -4.83. The van der Waals surface area contributed by atoms with Gasteiger partial charge in [0.05, 0.1) is 35.5 Å². The quantitative estimate of drug-likeness (QED) is 0.144. The molecule has 1 fully saturated rings. The van der Waals surface area contributed by atoms with Gasteiger partial charge in [0.15, 0.2) is 5.75 Å². The van der Waals surface area contributed by atoms with Crippen molar-refractivity contribution in [1.82, 2.24) is 4.90 Å². The molecule has 4 heterocycles. The number of piperazine rings is 1. The van der Waals surface area contributed by atoms with Gasteiger partial charge >= 0.3 is 11.8 Å². The number of rotatable bonds is 3. The van der Waals surface area contributed by atoms with E-state index in [2.05, 4.69) is 10.2 Å². The van der Waals surface area contributed by atoms with Crippen molar-refractivity contribution >= 4 is 39.8 Å². The third-order valence-corrected chi connectivity index (χ3v) is 11.8. The van der Waals surface area contributed by atoms with Crippen LogP contribution in [0.1, 0.15) is 64.4 Å². The Bertz CT molecular complexity index is 1990. The van der Waals surface area contributed by atoms with E-state index in [0.717, 1.165) is 0 Å². The van der Waals surface area contributed by atoms with Gasteiger partial charge in [0, 0.05) is 87.3 Å². The van der Waals surface area contributed by atoms with E-state index in [1.54, 1.807) is 51.7 Å². The average Bonchev–Trinajstić information content (AvgIpc) is 3.43. The smallest absolute Gasteiger partial charge is 0.312 e. The number of Topliss-reactive ketones (excluding diaryl/α,β-unsaturated/α-hetero) is 1. The lowest BCUT2D eigenvalue weighted by Crippen LogP contribution is -2.46. The number of carbonyl (C=O) groups is 3. The fourth-order valence-corrected chi connectivity index (χ4v) is 8.04. The van der Waals surface area contributed by atoms with Crippen LogP contribution in [-0.2, 0) is 23.8 Å². The summed E-state index contributed by atoms with van der Waals surface area (Å²) in [6.45, 7) is 14.6. The summed E-state index contributed by atoms with van der Waals surface area (Å²) >= 11 is 0. The van der Waals surface area contributed by atoms with Crippen molar-refractivity contribution in [2.75, 3.05) is 50.6 Å². The number of aliphatic hydroxyl groups is 2. The fraction of sp³-hybridized carbons (Fsp3) is 0.548. The molecule has 1 amide bonds. The average molecular weight is 796 g/mol. The third-order valence-electron chi connectivity index (χ3n) is 11.8. The van der Waals surface area contributed by atoms with Crippen molar-refractivity contribution in [3.8, 4) is 23.0 Å². The molecule has 0 saturated carbocycles. The minimum atomic E-state index is -2.01. The topological polar surface area (TPSA) is 208 Å². The molecule has 5 bridgehead atoms. The van der Waals surface area contributed by atoms with Crippen LogP contribution in [0.5, 0.6) is 23.0 Å². The molecule has 57 heavy (non-hydrogen) atoms. The molecule has 9 unspecified atom stereocenters. The molecule has 1 saturated heterocycles. The molecule has 4 aliphatic rings. The molecule has 0 aromatic heterocycles. The van der Waals surface area contributed by atoms with Gasteiger partial charge in [-0.15, -0.1) is 0 Å². The number of esters is 1. The number of nitrogens with zero attached hydrogens (tertiary/aromatic N) is 2. The van der Waals surface area contributed by atoms with Crippen LogP contribution in [0.2, 0.25) is 0 Å². The number of likely N-dealkylation sites (N-methyl/N-ethyl adjacent to an activating group) is 1. The summed E-state index contributed by atoms with van der Waals surface area (Å²) in [5.41, 5.74) is 0.0600.